The molecule has 21 heavy (non-hydrogen) atoms. The first kappa shape index (κ1) is 15.3. The minimum Gasteiger partial charge on any atom is -0.475 e. The fraction of sp³-hybridized carbons (Fsp3) is 0.412. The molecule has 0 saturated carbocycles. The summed E-state index contributed by atoms with van der Waals surface area (Å²) in [6.07, 6.45) is 1.38. The first-order chi connectivity index (χ1) is 9.77. The Morgan fingerprint density at radius 2 is 1.81 bits per heavy atom. The second-order valence-electron chi connectivity index (χ2n) is 6.33. The molecule has 0 radical (unpaired) electrons. The molecule has 0 bridgehead atoms. The van der Waals surface area contributed by atoms with Crippen LogP contribution in [0.3, 0.4) is 0 Å². The van der Waals surface area contributed by atoms with Crippen LogP contribution in [0.5, 0.6) is 0 Å². The second kappa shape index (κ2) is 5.72. The van der Waals surface area contributed by atoms with Crippen molar-refractivity contribution in [1.29, 1.82) is 0 Å². The van der Waals surface area contributed by atoms with Gasteiger partial charge in [-0.2, -0.15) is 0 Å². The van der Waals surface area contributed by atoms with Gasteiger partial charge in [-0.25, -0.2) is 9.78 Å². The summed E-state index contributed by atoms with van der Waals surface area (Å²) in [5, 5.41) is 9.22. The predicted octanol–water partition coefficient (Wildman–Crippen LogP) is 3.76. The fourth-order valence-corrected chi connectivity index (χ4v) is 2.13. The van der Waals surface area contributed by atoms with Gasteiger partial charge in [-0.05, 0) is 18.9 Å². The fourth-order valence-electron chi connectivity index (χ4n) is 2.13. The lowest BCUT2D eigenvalue weighted by Gasteiger charge is -2.14. The smallest absolute Gasteiger partial charge is 0.373 e. The summed E-state index contributed by atoms with van der Waals surface area (Å²) < 4.78 is 5.44. The van der Waals surface area contributed by atoms with Gasteiger partial charge < -0.3 is 9.52 Å². The Bertz CT molecular complexity index is 633. The largest absolute Gasteiger partial charge is 0.475 e. The number of carbonyl (C=O) groups is 1. The normalized spacial score (nSPS) is 11.6. The van der Waals surface area contributed by atoms with E-state index in [2.05, 4.69) is 29.2 Å². The quantitative estimate of drug-likeness (QED) is 0.929. The highest BCUT2D eigenvalue weighted by atomic mass is 16.4. The van der Waals surface area contributed by atoms with E-state index in [1.54, 1.807) is 0 Å². The highest BCUT2D eigenvalue weighted by Gasteiger charge is 2.28. The highest BCUT2D eigenvalue weighted by Crippen LogP contribution is 2.26. The number of carboxylic acids is 1. The Morgan fingerprint density at radius 1 is 1.19 bits per heavy atom. The number of aryl methyl sites for hydroxylation is 3. The lowest BCUT2D eigenvalue weighted by molar-refractivity contribution is 0.0656. The summed E-state index contributed by atoms with van der Waals surface area (Å²) in [5.74, 6) is -0.617. The van der Waals surface area contributed by atoms with E-state index in [0.717, 1.165) is 6.42 Å². The summed E-state index contributed by atoms with van der Waals surface area (Å²) in [6.45, 7) is 7.84. The third-order valence-corrected chi connectivity index (χ3v) is 3.32. The van der Waals surface area contributed by atoms with Crippen LogP contribution in [0.2, 0.25) is 0 Å². The SMILES string of the molecule is Cc1ccc(CCc2nc(C(C)(C)C)c(C(=O)O)o2)cc1. The average Bonchev–Trinajstić information content (AvgIpc) is 2.82. The van der Waals surface area contributed by atoms with Gasteiger partial charge in [-0.15, -0.1) is 0 Å². The van der Waals surface area contributed by atoms with Gasteiger partial charge in [0.25, 0.3) is 0 Å². The van der Waals surface area contributed by atoms with Gasteiger partial charge in [0.2, 0.25) is 5.76 Å². The van der Waals surface area contributed by atoms with Crippen molar-refractivity contribution in [3.8, 4) is 0 Å². The van der Waals surface area contributed by atoms with E-state index >= 15 is 0 Å². The van der Waals surface area contributed by atoms with Gasteiger partial charge >= 0.3 is 5.97 Å². The van der Waals surface area contributed by atoms with Gasteiger partial charge in [0, 0.05) is 11.8 Å². The van der Waals surface area contributed by atoms with Crippen molar-refractivity contribution in [2.45, 2.75) is 46.0 Å². The molecule has 2 aromatic rings. The molecule has 1 N–H and O–H groups in total. The van der Waals surface area contributed by atoms with Gasteiger partial charge in [-0.3, -0.25) is 0 Å². The van der Waals surface area contributed by atoms with Crippen molar-refractivity contribution in [3.05, 3.63) is 52.7 Å². The minimum absolute atomic E-state index is 0.0404. The monoisotopic (exact) mass is 287 g/mol. The first-order valence-corrected chi connectivity index (χ1v) is 7.06. The molecule has 0 unspecified atom stereocenters. The molecule has 2 rings (SSSR count). The molecular formula is C17H21NO3. The Morgan fingerprint density at radius 3 is 2.29 bits per heavy atom. The topological polar surface area (TPSA) is 63.3 Å². The van der Waals surface area contributed by atoms with Crippen molar-refractivity contribution >= 4 is 5.97 Å². The number of aromatic nitrogens is 1. The van der Waals surface area contributed by atoms with Crippen LogP contribution >= 0.6 is 0 Å². The maximum absolute atomic E-state index is 11.3. The molecule has 0 spiro atoms. The molecule has 4 heteroatoms. The van der Waals surface area contributed by atoms with Crippen molar-refractivity contribution < 1.29 is 14.3 Å². The molecular weight excluding hydrogens is 266 g/mol. The Labute approximate surface area is 124 Å². The maximum atomic E-state index is 11.3. The van der Waals surface area contributed by atoms with E-state index in [4.69, 9.17) is 4.42 Å². The first-order valence-electron chi connectivity index (χ1n) is 7.06. The summed E-state index contributed by atoms with van der Waals surface area (Å²) in [4.78, 5) is 15.6. The summed E-state index contributed by atoms with van der Waals surface area (Å²) in [6, 6.07) is 8.27. The lowest BCUT2D eigenvalue weighted by atomic mass is 9.91. The van der Waals surface area contributed by atoms with E-state index < -0.39 is 5.97 Å². The predicted molar refractivity (Wildman–Crippen MR) is 80.7 cm³/mol. The number of carboxylic acid groups (broad SMARTS) is 1. The van der Waals surface area contributed by atoms with Gasteiger partial charge in [0.05, 0.1) is 5.69 Å². The van der Waals surface area contributed by atoms with Crippen LogP contribution in [0, 0.1) is 6.92 Å². The molecule has 0 aliphatic heterocycles. The van der Waals surface area contributed by atoms with Crippen LogP contribution in [0.25, 0.3) is 0 Å². The third-order valence-electron chi connectivity index (χ3n) is 3.32. The van der Waals surface area contributed by atoms with E-state index in [-0.39, 0.29) is 11.2 Å². The van der Waals surface area contributed by atoms with Gasteiger partial charge in [0.15, 0.2) is 5.89 Å². The van der Waals surface area contributed by atoms with Crippen LogP contribution in [0.15, 0.2) is 28.7 Å². The number of aromatic carboxylic acids is 1. The van der Waals surface area contributed by atoms with Crippen LogP contribution in [-0.2, 0) is 18.3 Å². The van der Waals surface area contributed by atoms with Crippen molar-refractivity contribution in [1.82, 2.24) is 4.98 Å². The van der Waals surface area contributed by atoms with Crippen LogP contribution in [0.4, 0.5) is 0 Å². The standard InChI is InChI=1S/C17H21NO3/c1-11-5-7-12(8-6-11)9-10-13-18-15(17(2,3)4)14(21-13)16(19)20/h5-8H,9-10H2,1-4H3,(H,19,20). The molecule has 112 valence electrons. The molecule has 0 atom stereocenters. The Hall–Kier alpha value is -2.10. The molecule has 4 nitrogen and oxygen atoms in total. The zero-order chi connectivity index (χ0) is 15.6. The molecule has 0 amide bonds. The van der Waals surface area contributed by atoms with E-state index in [9.17, 15) is 9.90 Å². The number of hydrogen-bond donors (Lipinski definition) is 1. The Balaban J connectivity index is 2.17. The van der Waals surface area contributed by atoms with Crippen LogP contribution in [-0.4, -0.2) is 16.1 Å². The zero-order valence-electron chi connectivity index (χ0n) is 12.9. The van der Waals surface area contributed by atoms with E-state index in [0.29, 0.717) is 18.0 Å². The van der Waals surface area contributed by atoms with E-state index in [1.165, 1.54) is 11.1 Å². The maximum Gasteiger partial charge on any atom is 0.373 e. The number of benzene rings is 1. The van der Waals surface area contributed by atoms with Crippen molar-refractivity contribution in [2.24, 2.45) is 0 Å². The van der Waals surface area contributed by atoms with Crippen molar-refractivity contribution in [3.63, 3.8) is 0 Å². The lowest BCUT2D eigenvalue weighted by Crippen LogP contribution is -2.16. The summed E-state index contributed by atoms with van der Waals surface area (Å²) in [5.41, 5.74) is 2.57. The van der Waals surface area contributed by atoms with Crippen molar-refractivity contribution in [2.75, 3.05) is 0 Å². The number of oxazole rings is 1. The second-order valence-corrected chi connectivity index (χ2v) is 6.33. The molecule has 1 aromatic carbocycles. The van der Waals surface area contributed by atoms with E-state index in [1.807, 2.05) is 27.7 Å². The van der Waals surface area contributed by atoms with Crippen LogP contribution in [0.1, 0.15) is 54.0 Å². The van der Waals surface area contributed by atoms with Crippen LogP contribution < -0.4 is 0 Å². The summed E-state index contributed by atoms with van der Waals surface area (Å²) >= 11 is 0. The number of hydrogen-bond acceptors (Lipinski definition) is 3. The number of rotatable bonds is 4. The summed E-state index contributed by atoms with van der Waals surface area (Å²) in [7, 11) is 0. The third kappa shape index (κ3) is 3.72. The Kier molecular flexibility index (Phi) is 4.16. The van der Waals surface area contributed by atoms with Gasteiger partial charge in [0.1, 0.15) is 0 Å². The number of nitrogens with zero attached hydrogens (tertiary/aromatic N) is 1. The van der Waals surface area contributed by atoms with Gasteiger partial charge in [-0.1, -0.05) is 50.6 Å². The minimum atomic E-state index is -1.06. The molecule has 0 aliphatic carbocycles. The average molecular weight is 287 g/mol. The molecule has 1 heterocycles. The zero-order valence-corrected chi connectivity index (χ0v) is 12.9. The molecule has 1 aromatic heterocycles. The molecule has 0 aliphatic rings. The highest BCUT2D eigenvalue weighted by molar-refractivity contribution is 5.86. The molecule has 0 saturated heterocycles. The molecule has 0 fully saturated rings.